The van der Waals surface area contributed by atoms with E-state index < -0.39 is 18.0 Å². The van der Waals surface area contributed by atoms with Gasteiger partial charge in [0.05, 0.1) is 11.2 Å². The third-order valence-electron chi connectivity index (χ3n) is 2.17. The second-order valence-corrected chi connectivity index (χ2v) is 4.25. The Hall–Kier alpha value is -1.67. The van der Waals surface area contributed by atoms with Crippen LogP contribution >= 0.6 is 11.3 Å². The minimum atomic E-state index is -1.17. The average molecular weight is 273 g/mol. The molecule has 100 valence electrons. The van der Waals surface area contributed by atoms with Crippen molar-refractivity contribution in [3.8, 4) is 0 Å². The number of carboxylic acids is 1. The van der Waals surface area contributed by atoms with Crippen LogP contribution in [-0.4, -0.2) is 46.4 Å². The lowest BCUT2D eigenvalue weighted by Crippen LogP contribution is -2.46. The van der Waals surface area contributed by atoms with Crippen LogP contribution in [0.4, 0.5) is 4.79 Å². The summed E-state index contributed by atoms with van der Waals surface area (Å²) < 4.78 is 0. The van der Waals surface area contributed by atoms with E-state index in [9.17, 15) is 9.59 Å². The Morgan fingerprint density at radius 3 is 2.83 bits per heavy atom. The van der Waals surface area contributed by atoms with Gasteiger partial charge < -0.3 is 20.8 Å². The fourth-order valence-electron chi connectivity index (χ4n) is 1.26. The zero-order valence-corrected chi connectivity index (χ0v) is 10.4. The quantitative estimate of drug-likeness (QED) is 0.550. The molecule has 0 fully saturated rings. The summed E-state index contributed by atoms with van der Waals surface area (Å²) in [4.78, 5) is 26.2. The molecule has 18 heavy (non-hydrogen) atoms. The number of nitrogens with one attached hydrogen (secondary N) is 2. The van der Waals surface area contributed by atoms with E-state index in [4.69, 9.17) is 10.2 Å². The molecule has 1 aromatic heterocycles. The van der Waals surface area contributed by atoms with Gasteiger partial charge in [-0.15, -0.1) is 11.3 Å². The number of hydrogen-bond donors (Lipinski definition) is 4. The summed E-state index contributed by atoms with van der Waals surface area (Å²) in [6.45, 7) is 0.0805. The van der Waals surface area contributed by atoms with Gasteiger partial charge in [0.15, 0.2) is 0 Å². The van der Waals surface area contributed by atoms with Crippen molar-refractivity contribution >= 4 is 23.3 Å². The fourth-order valence-corrected chi connectivity index (χ4v) is 1.85. The number of aliphatic carboxylic acids is 1. The number of aromatic nitrogens is 1. The highest BCUT2D eigenvalue weighted by Gasteiger charge is 2.18. The van der Waals surface area contributed by atoms with Crippen molar-refractivity contribution < 1.29 is 19.8 Å². The summed E-state index contributed by atoms with van der Waals surface area (Å²) in [5, 5.41) is 24.1. The van der Waals surface area contributed by atoms with Gasteiger partial charge in [0, 0.05) is 31.4 Å². The van der Waals surface area contributed by atoms with E-state index in [0.29, 0.717) is 13.0 Å². The number of aliphatic hydroxyl groups is 1. The lowest BCUT2D eigenvalue weighted by molar-refractivity contribution is -0.139. The molecule has 1 atom stereocenters. The van der Waals surface area contributed by atoms with E-state index in [1.54, 1.807) is 5.51 Å². The Morgan fingerprint density at radius 2 is 2.28 bits per heavy atom. The smallest absolute Gasteiger partial charge is 0.326 e. The lowest BCUT2D eigenvalue weighted by atomic mass is 10.2. The minimum absolute atomic E-state index is 0.0190. The fraction of sp³-hybridized carbons (Fsp3) is 0.500. The van der Waals surface area contributed by atoms with E-state index in [-0.39, 0.29) is 13.0 Å². The summed E-state index contributed by atoms with van der Waals surface area (Å²) >= 11 is 1.47. The maximum Gasteiger partial charge on any atom is 0.326 e. The maximum atomic E-state index is 11.4. The van der Waals surface area contributed by atoms with Crippen LogP contribution in [0.1, 0.15) is 12.1 Å². The number of hydrogen-bond acceptors (Lipinski definition) is 5. The third-order valence-corrected chi connectivity index (χ3v) is 2.81. The minimum Gasteiger partial charge on any atom is -0.480 e. The van der Waals surface area contributed by atoms with Crippen LogP contribution in [0.5, 0.6) is 0 Å². The summed E-state index contributed by atoms with van der Waals surface area (Å²) in [7, 11) is 0. The van der Waals surface area contributed by atoms with E-state index in [1.165, 1.54) is 11.3 Å². The first kappa shape index (κ1) is 14.4. The predicted octanol–water partition coefficient (Wildman–Crippen LogP) is -0.180. The zero-order valence-electron chi connectivity index (χ0n) is 9.63. The van der Waals surface area contributed by atoms with Gasteiger partial charge in [-0.3, -0.25) is 0 Å². The number of thiazole rings is 1. The van der Waals surface area contributed by atoms with E-state index >= 15 is 0 Å². The first-order chi connectivity index (χ1) is 8.63. The third kappa shape index (κ3) is 5.11. The number of nitrogens with zero attached hydrogens (tertiary/aromatic N) is 1. The number of carbonyl (C=O) groups is 2. The van der Waals surface area contributed by atoms with Crippen LogP contribution in [0.3, 0.4) is 0 Å². The molecule has 0 saturated carbocycles. The molecule has 0 aliphatic rings. The summed E-state index contributed by atoms with van der Waals surface area (Å²) in [5.74, 6) is -1.17. The van der Waals surface area contributed by atoms with Crippen molar-refractivity contribution in [3.05, 3.63) is 16.6 Å². The van der Waals surface area contributed by atoms with Crippen molar-refractivity contribution in [1.82, 2.24) is 15.6 Å². The second-order valence-electron chi connectivity index (χ2n) is 3.53. The maximum absolute atomic E-state index is 11.4. The van der Waals surface area contributed by atoms with Crippen molar-refractivity contribution in [2.45, 2.75) is 18.9 Å². The summed E-state index contributed by atoms with van der Waals surface area (Å²) in [5.41, 5.74) is 2.59. The first-order valence-electron chi connectivity index (χ1n) is 5.38. The molecule has 0 radical (unpaired) electrons. The molecule has 2 amide bonds. The van der Waals surface area contributed by atoms with Crippen LogP contribution in [0, 0.1) is 0 Å². The van der Waals surface area contributed by atoms with E-state index in [2.05, 4.69) is 15.6 Å². The van der Waals surface area contributed by atoms with Crippen LogP contribution in [0.2, 0.25) is 0 Å². The predicted molar refractivity (Wildman–Crippen MR) is 65.5 cm³/mol. The van der Waals surface area contributed by atoms with Crippen molar-refractivity contribution in [1.29, 1.82) is 0 Å². The zero-order chi connectivity index (χ0) is 13.4. The second kappa shape index (κ2) is 7.62. The van der Waals surface area contributed by atoms with Crippen LogP contribution in [0.25, 0.3) is 0 Å². The largest absolute Gasteiger partial charge is 0.480 e. The van der Waals surface area contributed by atoms with Gasteiger partial charge >= 0.3 is 12.0 Å². The molecule has 1 heterocycles. The molecule has 1 rings (SSSR count). The highest BCUT2D eigenvalue weighted by molar-refractivity contribution is 7.07. The highest BCUT2D eigenvalue weighted by atomic mass is 32.1. The van der Waals surface area contributed by atoms with Crippen molar-refractivity contribution in [2.24, 2.45) is 0 Å². The molecule has 1 aromatic rings. The van der Waals surface area contributed by atoms with Gasteiger partial charge in [-0.25, -0.2) is 14.6 Å². The van der Waals surface area contributed by atoms with Gasteiger partial charge in [-0.1, -0.05) is 0 Å². The Balaban J connectivity index is 2.25. The number of aliphatic hydroxyl groups excluding tert-OH is 1. The molecule has 0 saturated heterocycles. The van der Waals surface area contributed by atoms with Gasteiger partial charge in [0.2, 0.25) is 0 Å². The standard InChI is InChI=1S/C10H15N3O4S/c14-4-2-8(9(15)16)13-10(17)11-3-1-7-5-18-6-12-7/h5-6,8,14H,1-4H2,(H,15,16)(H2,11,13,17)/t8-/m0/s1. The van der Waals surface area contributed by atoms with Crippen molar-refractivity contribution in [2.75, 3.05) is 13.2 Å². The average Bonchev–Trinajstić information content (AvgIpc) is 2.81. The van der Waals surface area contributed by atoms with E-state index in [1.807, 2.05) is 5.38 Å². The first-order valence-corrected chi connectivity index (χ1v) is 6.33. The highest BCUT2D eigenvalue weighted by Crippen LogP contribution is 2.00. The summed E-state index contributed by atoms with van der Waals surface area (Å²) in [6, 6.07) is -1.64. The molecule has 0 unspecified atom stereocenters. The van der Waals surface area contributed by atoms with Crippen molar-refractivity contribution in [3.63, 3.8) is 0 Å². The Morgan fingerprint density at radius 1 is 1.50 bits per heavy atom. The van der Waals surface area contributed by atoms with Gasteiger partial charge in [0.1, 0.15) is 6.04 Å². The molecule has 0 aliphatic heterocycles. The van der Waals surface area contributed by atoms with Gasteiger partial charge in [0.25, 0.3) is 0 Å². The van der Waals surface area contributed by atoms with Gasteiger partial charge in [-0.05, 0) is 0 Å². The van der Waals surface area contributed by atoms with Crippen LogP contribution in [-0.2, 0) is 11.2 Å². The number of carboxylic acid groups (broad SMARTS) is 1. The molecular formula is C10H15N3O4S. The summed E-state index contributed by atoms with van der Waals surface area (Å²) in [6.07, 6.45) is 0.573. The number of urea groups is 1. The Kier molecular flexibility index (Phi) is 6.09. The molecule has 0 aliphatic carbocycles. The molecule has 4 N–H and O–H groups in total. The Labute approximate surface area is 108 Å². The van der Waals surface area contributed by atoms with Crippen LogP contribution in [0.15, 0.2) is 10.9 Å². The molecule has 0 bridgehead atoms. The molecule has 0 spiro atoms. The van der Waals surface area contributed by atoms with E-state index in [0.717, 1.165) is 5.69 Å². The molecule has 0 aromatic carbocycles. The van der Waals surface area contributed by atoms with Crippen LogP contribution < -0.4 is 10.6 Å². The number of amides is 2. The lowest BCUT2D eigenvalue weighted by Gasteiger charge is -2.13. The monoisotopic (exact) mass is 273 g/mol. The molecule has 7 nitrogen and oxygen atoms in total. The molecule has 8 heteroatoms. The number of carbonyl (C=O) groups excluding carboxylic acids is 1. The molecular weight excluding hydrogens is 258 g/mol. The normalized spacial score (nSPS) is 11.8. The van der Waals surface area contributed by atoms with Gasteiger partial charge in [-0.2, -0.15) is 0 Å². The topological polar surface area (TPSA) is 112 Å². The SMILES string of the molecule is O=C(NCCc1cscn1)N[C@@H](CCO)C(=O)O. The number of rotatable bonds is 7. The Bertz CT molecular complexity index is 382.